The number of pyridine rings is 1. The molecule has 0 atom stereocenters. The number of anilines is 1. The number of phosphoric acid groups is 1. The van der Waals surface area contributed by atoms with Crippen molar-refractivity contribution in [1.29, 1.82) is 0 Å². The van der Waals surface area contributed by atoms with Gasteiger partial charge in [0.2, 0.25) is 0 Å². The monoisotopic (exact) mass is 605 g/mol. The lowest BCUT2D eigenvalue weighted by Gasteiger charge is -2.39. The molecule has 0 aliphatic rings. The summed E-state index contributed by atoms with van der Waals surface area (Å²) in [7, 11) is -7.62. The molecular weight excluding hydrogens is 568 g/mol. The predicted molar refractivity (Wildman–Crippen MR) is 160 cm³/mol. The summed E-state index contributed by atoms with van der Waals surface area (Å²) in [6.07, 6.45) is 2.37. The van der Waals surface area contributed by atoms with Gasteiger partial charge in [0.15, 0.2) is 5.82 Å². The van der Waals surface area contributed by atoms with Crippen LogP contribution in [0.1, 0.15) is 64.4 Å². The third kappa shape index (κ3) is 6.65. The number of imidazole rings is 1. The summed E-state index contributed by atoms with van der Waals surface area (Å²) < 4.78 is 23.7. The van der Waals surface area contributed by atoms with E-state index in [0.717, 1.165) is 23.8 Å². The van der Waals surface area contributed by atoms with Crippen LogP contribution in [0.25, 0.3) is 21.9 Å². The van der Waals surface area contributed by atoms with Crippen molar-refractivity contribution in [3.8, 4) is 11.5 Å². The normalized spacial score (nSPS) is 13.0. The van der Waals surface area contributed by atoms with Gasteiger partial charge in [-0.3, -0.25) is 9.79 Å². The van der Waals surface area contributed by atoms with Crippen LogP contribution in [-0.2, 0) is 22.9 Å². The quantitative estimate of drug-likeness (QED) is 0.130. The largest absolute Gasteiger partial charge is 0.524 e. The molecule has 0 bridgehead atoms. The van der Waals surface area contributed by atoms with Gasteiger partial charge in [-0.2, -0.15) is 0 Å². The topological polar surface area (TPSA) is 199 Å². The maximum absolute atomic E-state index is 11.8. The number of fused-ring (bicyclic) bond motifs is 3. The molecule has 0 saturated carbocycles. The van der Waals surface area contributed by atoms with Crippen LogP contribution in [0.2, 0.25) is 0 Å². The highest BCUT2D eigenvalue weighted by molar-refractivity contribution is 7.46. The smallest absolute Gasteiger partial charge is 0.427 e. The lowest BCUT2D eigenvalue weighted by molar-refractivity contribution is 0.281. The molecule has 12 nitrogen and oxygen atoms in total. The highest BCUT2D eigenvalue weighted by Crippen LogP contribution is 2.42. The molecule has 8 N–H and O–H groups in total. The molecule has 14 heteroatoms. The van der Waals surface area contributed by atoms with Gasteiger partial charge in [-0.15, -0.1) is 0 Å². The minimum Gasteiger partial charge on any atom is -0.427 e. The average molecular weight is 606 g/mol. The van der Waals surface area contributed by atoms with E-state index in [1.54, 1.807) is 0 Å². The fourth-order valence-corrected chi connectivity index (χ4v) is 5.37. The standard InChI is InChI=1S/C27H37N5O7P2/c1-6-7-8-22-31-23-24(19-11-9-17(14-20(19)30-25(23)28)26(2,3)27(4,5)29)32(22)15-16-13-18(38-40(33)34)10-12-21(16)39-41(35,36)37/h9-14,33-34H,6-8,15,29H2,1-5H3,(H2,28,30)(H2,35,36,37). The summed E-state index contributed by atoms with van der Waals surface area (Å²) in [5, 5.41) is 0.790. The summed E-state index contributed by atoms with van der Waals surface area (Å²) >= 11 is 0. The molecule has 0 aliphatic carbocycles. The van der Waals surface area contributed by atoms with Gasteiger partial charge in [-0.1, -0.05) is 39.3 Å². The number of benzene rings is 2. The first-order chi connectivity index (χ1) is 19.0. The summed E-state index contributed by atoms with van der Waals surface area (Å²) in [6, 6.07) is 10.0. The zero-order chi connectivity index (χ0) is 30.3. The van der Waals surface area contributed by atoms with Crippen LogP contribution in [0.3, 0.4) is 0 Å². The van der Waals surface area contributed by atoms with Gasteiger partial charge < -0.3 is 34.9 Å². The average Bonchev–Trinajstić information content (AvgIpc) is 3.21. The number of nitrogen functional groups attached to an aromatic ring is 1. The lowest BCUT2D eigenvalue weighted by Crippen LogP contribution is -2.50. The molecule has 2 heterocycles. The predicted octanol–water partition coefficient (Wildman–Crippen LogP) is 4.63. The molecule has 0 fully saturated rings. The molecule has 0 radical (unpaired) electrons. The Balaban J connectivity index is 1.97. The van der Waals surface area contributed by atoms with E-state index in [1.165, 1.54) is 18.2 Å². The van der Waals surface area contributed by atoms with Crippen LogP contribution in [0.5, 0.6) is 11.5 Å². The SMILES string of the molecule is CCCCc1nc2c(N)nc3cc(C(C)(C)C(C)(C)N)ccc3c2n1Cc1cc(OP(O)O)ccc1OP(=O)(O)O. The number of rotatable bonds is 11. The first-order valence-corrected chi connectivity index (χ1v) is 15.8. The van der Waals surface area contributed by atoms with Crippen molar-refractivity contribution in [2.75, 3.05) is 5.73 Å². The fraction of sp³-hybridized carbons (Fsp3) is 0.407. The Morgan fingerprint density at radius 1 is 1.07 bits per heavy atom. The molecule has 2 aromatic heterocycles. The molecule has 0 spiro atoms. The summed E-state index contributed by atoms with van der Waals surface area (Å²) in [5.41, 5.74) is 15.2. The molecule has 4 rings (SSSR count). The zero-order valence-corrected chi connectivity index (χ0v) is 25.5. The summed E-state index contributed by atoms with van der Waals surface area (Å²) in [6.45, 7) is 10.2. The van der Waals surface area contributed by atoms with E-state index in [1.807, 2.05) is 36.6 Å². The van der Waals surface area contributed by atoms with Crippen molar-refractivity contribution in [3.63, 3.8) is 0 Å². The molecule has 4 aromatic rings. The van der Waals surface area contributed by atoms with Crippen molar-refractivity contribution < 1.29 is 33.2 Å². The number of nitrogens with zero attached hydrogens (tertiary/aromatic N) is 3. The molecule has 2 aromatic carbocycles. The van der Waals surface area contributed by atoms with Gasteiger partial charge in [-0.25, -0.2) is 14.5 Å². The first-order valence-electron chi connectivity index (χ1n) is 13.1. The van der Waals surface area contributed by atoms with Crippen LogP contribution in [0.15, 0.2) is 36.4 Å². The van der Waals surface area contributed by atoms with Crippen molar-refractivity contribution >= 4 is 44.2 Å². The van der Waals surface area contributed by atoms with Gasteiger partial charge in [0.1, 0.15) is 22.8 Å². The van der Waals surface area contributed by atoms with Crippen molar-refractivity contribution in [1.82, 2.24) is 14.5 Å². The maximum Gasteiger partial charge on any atom is 0.524 e. The van der Waals surface area contributed by atoms with Crippen molar-refractivity contribution in [2.24, 2.45) is 5.73 Å². The van der Waals surface area contributed by atoms with Crippen LogP contribution in [0.4, 0.5) is 5.82 Å². The number of aromatic nitrogens is 3. The Morgan fingerprint density at radius 2 is 1.78 bits per heavy atom. The van der Waals surface area contributed by atoms with Crippen LogP contribution < -0.4 is 20.5 Å². The van der Waals surface area contributed by atoms with Crippen molar-refractivity contribution in [3.05, 3.63) is 53.3 Å². The third-order valence-corrected chi connectivity index (χ3v) is 8.44. The molecule has 0 amide bonds. The second-order valence-corrected chi connectivity index (χ2v) is 13.0. The second-order valence-electron chi connectivity index (χ2n) is 11.2. The Bertz CT molecular complexity index is 1630. The number of phosphoric ester groups is 1. The minimum atomic E-state index is -4.91. The van der Waals surface area contributed by atoms with E-state index in [-0.39, 0.29) is 29.3 Å². The minimum absolute atomic E-state index is 0.0679. The Hall–Kier alpha value is -2.82. The molecule has 0 saturated heterocycles. The van der Waals surface area contributed by atoms with Crippen molar-refractivity contribution in [2.45, 2.75) is 71.4 Å². The Kier molecular flexibility index (Phi) is 8.70. The highest BCUT2D eigenvalue weighted by atomic mass is 31.2. The third-order valence-electron chi connectivity index (χ3n) is 7.63. The molecule has 222 valence electrons. The van der Waals surface area contributed by atoms with E-state index in [2.05, 4.69) is 25.8 Å². The van der Waals surface area contributed by atoms with Gasteiger partial charge in [0.05, 0.1) is 17.6 Å². The number of hydrogen-bond donors (Lipinski definition) is 6. The van der Waals surface area contributed by atoms with Crippen LogP contribution in [-0.4, -0.2) is 39.6 Å². The fourth-order valence-electron chi connectivity index (χ4n) is 4.63. The van der Waals surface area contributed by atoms with E-state index in [9.17, 15) is 24.1 Å². The number of unbranched alkanes of at least 4 members (excludes halogenated alkanes) is 1. The van der Waals surface area contributed by atoms with Gasteiger partial charge in [0, 0.05) is 28.3 Å². The molecule has 0 aliphatic heterocycles. The van der Waals surface area contributed by atoms with E-state index < -0.39 is 22.0 Å². The van der Waals surface area contributed by atoms with Gasteiger partial charge in [0.25, 0.3) is 0 Å². The van der Waals surface area contributed by atoms with E-state index >= 15 is 0 Å². The number of nitrogens with two attached hydrogens (primary N) is 2. The van der Waals surface area contributed by atoms with Gasteiger partial charge >= 0.3 is 16.4 Å². The zero-order valence-electron chi connectivity index (χ0n) is 23.7. The van der Waals surface area contributed by atoms with E-state index in [0.29, 0.717) is 34.4 Å². The summed E-state index contributed by atoms with van der Waals surface area (Å²) in [5.74, 6) is 0.960. The van der Waals surface area contributed by atoms with Gasteiger partial charge in [-0.05, 0) is 50.1 Å². The molecule has 41 heavy (non-hydrogen) atoms. The Morgan fingerprint density at radius 3 is 2.39 bits per heavy atom. The summed E-state index contributed by atoms with van der Waals surface area (Å²) in [4.78, 5) is 47.3. The number of aryl methyl sites for hydroxylation is 1. The second kappa shape index (κ2) is 11.5. The van der Waals surface area contributed by atoms with Crippen LogP contribution in [0, 0.1) is 0 Å². The molecule has 0 unspecified atom stereocenters. The lowest BCUT2D eigenvalue weighted by atomic mass is 9.70. The highest BCUT2D eigenvalue weighted by Gasteiger charge is 2.35. The first kappa shape index (κ1) is 31.1. The Labute approximate surface area is 239 Å². The number of hydrogen-bond acceptors (Lipinski definition) is 9. The van der Waals surface area contributed by atoms with E-state index in [4.69, 9.17) is 25.5 Å². The van der Waals surface area contributed by atoms with Crippen LogP contribution >= 0.6 is 16.4 Å². The molecular formula is C27H37N5O7P2. The maximum atomic E-state index is 11.8.